The highest BCUT2D eigenvalue weighted by Crippen LogP contribution is 2.17. The van der Waals surface area contributed by atoms with Crippen molar-refractivity contribution in [1.29, 1.82) is 0 Å². The zero-order valence-corrected chi connectivity index (χ0v) is 10.8. The number of hydrogen-bond donors (Lipinski definition) is 1. The Balaban J connectivity index is 1.81. The third-order valence-electron chi connectivity index (χ3n) is 3.02. The van der Waals surface area contributed by atoms with Gasteiger partial charge in [0.15, 0.2) is 0 Å². The topological polar surface area (TPSA) is 34.4 Å². The molecule has 1 unspecified atom stereocenters. The van der Waals surface area contributed by atoms with Gasteiger partial charge >= 0.3 is 0 Å². The highest BCUT2D eigenvalue weighted by Gasteiger charge is 2.05. The minimum absolute atomic E-state index is 0.325. The van der Waals surface area contributed by atoms with E-state index < -0.39 is 0 Å². The SMILES string of the molecule is COc1ccc(C(C)NCCc2ccco2)cc1. The molecule has 1 atom stereocenters. The van der Waals surface area contributed by atoms with Gasteiger partial charge in [0.25, 0.3) is 0 Å². The van der Waals surface area contributed by atoms with E-state index in [1.165, 1.54) is 5.56 Å². The van der Waals surface area contributed by atoms with E-state index in [9.17, 15) is 0 Å². The molecule has 0 aliphatic rings. The maximum absolute atomic E-state index is 5.29. The number of hydrogen-bond acceptors (Lipinski definition) is 3. The second kappa shape index (κ2) is 6.26. The summed E-state index contributed by atoms with van der Waals surface area (Å²) in [4.78, 5) is 0. The lowest BCUT2D eigenvalue weighted by molar-refractivity contribution is 0.414. The van der Waals surface area contributed by atoms with Crippen molar-refractivity contribution in [1.82, 2.24) is 5.32 Å². The van der Waals surface area contributed by atoms with Crippen LogP contribution in [0.5, 0.6) is 5.75 Å². The molecule has 0 saturated carbocycles. The van der Waals surface area contributed by atoms with Gasteiger partial charge in [-0.05, 0) is 36.8 Å². The van der Waals surface area contributed by atoms with Crippen molar-refractivity contribution in [2.45, 2.75) is 19.4 Å². The van der Waals surface area contributed by atoms with Crippen LogP contribution in [0.25, 0.3) is 0 Å². The quantitative estimate of drug-likeness (QED) is 0.848. The van der Waals surface area contributed by atoms with E-state index in [1.54, 1.807) is 13.4 Å². The summed E-state index contributed by atoms with van der Waals surface area (Å²) in [6.07, 6.45) is 2.62. The zero-order valence-electron chi connectivity index (χ0n) is 10.8. The Labute approximate surface area is 108 Å². The Morgan fingerprint density at radius 1 is 1.22 bits per heavy atom. The summed E-state index contributed by atoms with van der Waals surface area (Å²) in [5.74, 6) is 1.91. The fraction of sp³-hybridized carbons (Fsp3) is 0.333. The average Bonchev–Trinajstić information content (AvgIpc) is 2.92. The fourth-order valence-electron chi connectivity index (χ4n) is 1.88. The molecular weight excluding hydrogens is 226 g/mol. The second-order valence-electron chi connectivity index (χ2n) is 4.28. The van der Waals surface area contributed by atoms with Crippen LogP contribution in [-0.4, -0.2) is 13.7 Å². The Morgan fingerprint density at radius 3 is 2.61 bits per heavy atom. The summed E-state index contributed by atoms with van der Waals surface area (Å²) in [5, 5.41) is 3.47. The van der Waals surface area contributed by atoms with Crippen LogP contribution in [0.4, 0.5) is 0 Å². The molecule has 96 valence electrons. The third-order valence-corrected chi connectivity index (χ3v) is 3.02. The summed E-state index contributed by atoms with van der Waals surface area (Å²) >= 11 is 0. The van der Waals surface area contributed by atoms with Crippen LogP contribution in [0.2, 0.25) is 0 Å². The predicted octanol–water partition coefficient (Wildman–Crippen LogP) is 3.18. The zero-order chi connectivity index (χ0) is 12.8. The Hall–Kier alpha value is -1.74. The molecule has 0 saturated heterocycles. The Bertz CT molecular complexity index is 448. The Kier molecular flexibility index (Phi) is 4.42. The van der Waals surface area contributed by atoms with Crippen LogP contribution in [0.1, 0.15) is 24.3 Å². The summed E-state index contributed by atoms with van der Waals surface area (Å²) in [6.45, 7) is 3.06. The molecule has 0 spiro atoms. The molecule has 0 fully saturated rings. The molecule has 18 heavy (non-hydrogen) atoms. The van der Waals surface area contributed by atoms with Gasteiger partial charge in [0.1, 0.15) is 11.5 Å². The number of rotatable bonds is 6. The van der Waals surface area contributed by atoms with Crippen LogP contribution in [0, 0.1) is 0 Å². The maximum atomic E-state index is 5.29. The van der Waals surface area contributed by atoms with Gasteiger partial charge in [-0.2, -0.15) is 0 Å². The van der Waals surface area contributed by atoms with Gasteiger partial charge in [0.05, 0.1) is 13.4 Å². The molecule has 2 aromatic rings. The van der Waals surface area contributed by atoms with Crippen LogP contribution in [0.3, 0.4) is 0 Å². The molecule has 2 rings (SSSR count). The highest BCUT2D eigenvalue weighted by atomic mass is 16.5. The fourth-order valence-corrected chi connectivity index (χ4v) is 1.88. The van der Waals surface area contributed by atoms with Gasteiger partial charge in [-0.25, -0.2) is 0 Å². The number of furan rings is 1. The first-order chi connectivity index (χ1) is 8.79. The summed E-state index contributed by atoms with van der Waals surface area (Å²) in [7, 11) is 1.68. The monoisotopic (exact) mass is 245 g/mol. The van der Waals surface area contributed by atoms with Crippen LogP contribution < -0.4 is 10.1 Å². The van der Waals surface area contributed by atoms with Crippen molar-refractivity contribution in [2.75, 3.05) is 13.7 Å². The molecule has 3 heteroatoms. The van der Waals surface area contributed by atoms with E-state index in [4.69, 9.17) is 9.15 Å². The smallest absolute Gasteiger partial charge is 0.118 e. The molecular formula is C15H19NO2. The average molecular weight is 245 g/mol. The summed E-state index contributed by atoms with van der Waals surface area (Å²) in [6, 6.07) is 12.4. The van der Waals surface area contributed by atoms with Gasteiger partial charge in [0, 0.05) is 19.0 Å². The van der Waals surface area contributed by atoms with Crippen molar-refractivity contribution in [3.05, 3.63) is 54.0 Å². The molecule has 0 bridgehead atoms. The number of ether oxygens (including phenoxy) is 1. The first kappa shape index (κ1) is 12.7. The lowest BCUT2D eigenvalue weighted by Gasteiger charge is -2.14. The van der Waals surface area contributed by atoms with Crippen LogP contribution >= 0.6 is 0 Å². The molecule has 1 N–H and O–H groups in total. The molecule has 1 aromatic heterocycles. The predicted molar refractivity (Wildman–Crippen MR) is 71.8 cm³/mol. The van der Waals surface area contributed by atoms with Gasteiger partial charge < -0.3 is 14.5 Å². The lowest BCUT2D eigenvalue weighted by atomic mass is 10.1. The van der Waals surface area contributed by atoms with Crippen molar-refractivity contribution in [2.24, 2.45) is 0 Å². The minimum atomic E-state index is 0.325. The van der Waals surface area contributed by atoms with Gasteiger partial charge in [-0.3, -0.25) is 0 Å². The van der Waals surface area contributed by atoms with Crippen molar-refractivity contribution < 1.29 is 9.15 Å². The summed E-state index contributed by atoms with van der Waals surface area (Å²) in [5.41, 5.74) is 1.26. The number of benzene rings is 1. The van der Waals surface area contributed by atoms with E-state index in [2.05, 4.69) is 24.4 Å². The van der Waals surface area contributed by atoms with Crippen molar-refractivity contribution in [3.63, 3.8) is 0 Å². The number of nitrogens with one attached hydrogen (secondary N) is 1. The Morgan fingerprint density at radius 2 is 2.00 bits per heavy atom. The van der Waals surface area contributed by atoms with E-state index in [-0.39, 0.29) is 0 Å². The lowest BCUT2D eigenvalue weighted by Crippen LogP contribution is -2.21. The van der Waals surface area contributed by atoms with E-state index >= 15 is 0 Å². The van der Waals surface area contributed by atoms with E-state index in [0.717, 1.165) is 24.5 Å². The minimum Gasteiger partial charge on any atom is -0.497 e. The first-order valence-corrected chi connectivity index (χ1v) is 6.19. The van der Waals surface area contributed by atoms with E-state index in [1.807, 2.05) is 24.3 Å². The molecule has 0 amide bonds. The van der Waals surface area contributed by atoms with Gasteiger partial charge in [-0.1, -0.05) is 12.1 Å². The molecule has 3 nitrogen and oxygen atoms in total. The molecule has 0 radical (unpaired) electrons. The summed E-state index contributed by atoms with van der Waals surface area (Å²) < 4.78 is 10.4. The van der Waals surface area contributed by atoms with Crippen LogP contribution in [-0.2, 0) is 6.42 Å². The van der Waals surface area contributed by atoms with Crippen molar-refractivity contribution in [3.8, 4) is 5.75 Å². The maximum Gasteiger partial charge on any atom is 0.118 e. The molecule has 1 heterocycles. The first-order valence-electron chi connectivity index (χ1n) is 6.19. The van der Waals surface area contributed by atoms with Gasteiger partial charge in [-0.15, -0.1) is 0 Å². The van der Waals surface area contributed by atoms with E-state index in [0.29, 0.717) is 6.04 Å². The normalized spacial score (nSPS) is 12.3. The van der Waals surface area contributed by atoms with Crippen LogP contribution in [0.15, 0.2) is 47.1 Å². The molecule has 0 aliphatic carbocycles. The molecule has 1 aromatic carbocycles. The standard InChI is InChI=1S/C15H19NO2/c1-12(13-5-7-14(17-2)8-6-13)16-10-9-15-4-3-11-18-15/h3-8,11-12,16H,9-10H2,1-2H3. The third kappa shape index (κ3) is 3.37. The molecule has 0 aliphatic heterocycles. The number of methoxy groups -OCH3 is 1. The van der Waals surface area contributed by atoms with Crippen molar-refractivity contribution >= 4 is 0 Å². The second-order valence-corrected chi connectivity index (χ2v) is 4.28. The highest BCUT2D eigenvalue weighted by molar-refractivity contribution is 5.28. The largest absolute Gasteiger partial charge is 0.497 e. The van der Waals surface area contributed by atoms with Gasteiger partial charge in [0.2, 0.25) is 0 Å².